The highest BCUT2D eigenvalue weighted by Gasteiger charge is 2.57. The van der Waals surface area contributed by atoms with E-state index in [1.54, 1.807) is 5.57 Å². The van der Waals surface area contributed by atoms with Crippen LogP contribution in [0.1, 0.15) is 65.2 Å². The predicted octanol–water partition coefficient (Wildman–Crippen LogP) is 3.64. The van der Waals surface area contributed by atoms with Gasteiger partial charge in [-0.1, -0.05) is 25.5 Å². The van der Waals surface area contributed by atoms with E-state index < -0.39 is 0 Å². The van der Waals surface area contributed by atoms with Crippen molar-refractivity contribution in [1.29, 1.82) is 0 Å². The molecule has 7 atom stereocenters. The summed E-state index contributed by atoms with van der Waals surface area (Å²) in [6.07, 6.45) is 12.1. The number of hydrogen-bond donors (Lipinski definition) is 2. The Bertz CT molecular complexity index is 472. The number of nitrogens with two attached hydrogens (primary N) is 1. The molecule has 0 aliphatic heterocycles. The molecule has 118 valence electrons. The predicted molar refractivity (Wildman–Crippen MR) is 85.7 cm³/mol. The Kier molecular flexibility index (Phi) is 3.11. The van der Waals surface area contributed by atoms with Crippen molar-refractivity contribution >= 4 is 0 Å². The van der Waals surface area contributed by atoms with Crippen LogP contribution in [-0.4, -0.2) is 17.3 Å². The molecule has 4 aliphatic carbocycles. The van der Waals surface area contributed by atoms with E-state index in [2.05, 4.69) is 19.9 Å². The number of aliphatic hydroxyl groups is 1. The molecule has 0 bridgehead atoms. The Labute approximate surface area is 129 Å². The zero-order valence-corrected chi connectivity index (χ0v) is 13.6. The fourth-order valence-corrected chi connectivity index (χ4v) is 6.68. The number of rotatable bonds is 0. The van der Waals surface area contributed by atoms with Crippen molar-refractivity contribution in [1.82, 2.24) is 0 Å². The van der Waals surface area contributed by atoms with Crippen LogP contribution in [0, 0.1) is 28.6 Å². The van der Waals surface area contributed by atoms with Crippen LogP contribution in [0.2, 0.25) is 0 Å². The van der Waals surface area contributed by atoms with Gasteiger partial charge in [0.15, 0.2) is 0 Å². The molecule has 1 unspecified atom stereocenters. The molecule has 2 nitrogen and oxygen atoms in total. The Morgan fingerprint density at radius 3 is 2.71 bits per heavy atom. The van der Waals surface area contributed by atoms with Crippen LogP contribution in [0.25, 0.3) is 0 Å². The van der Waals surface area contributed by atoms with Crippen molar-refractivity contribution in [2.45, 2.75) is 77.4 Å². The summed E-state index contributed by atoms with van der Waals surface area (Å²) in [5.41, 5.74) is 8.83. The molecule has 3 saturated carbocycles. The highest BCUT2D eigenvalue weighted by Crippen LogP contribution is 2.64. The molecule has 0 amide bonds. The standard InChI is InChI=1S/C19H31NO/c1-18-9-7-13(21)11-12(18)3-4-14-15-5-6-17(20)19(15,2)10-8-16(14)18/h3,13-17,21H,4-11,20H2,1-2H3/t13-,14-,15-,16-,17?,18-,19-/m0/s1. The third-order valence-electron chi connectivity index (χ3n) is 8.15. The number of aliphatic hydroxyl groups excluding tert-OH is 1. The first-order valence-electron chi connectivity index (χ1n) is 9.08. The number of allylic oxidation sites excluding steroid dienone is 1. The Morgan fingerprint density at radius 1 is 1.10 bits per heavy atom. The summed E-state index contributed by atoms with van der Waals surface area (Å²) in [7, 11) is 0. The molecule has 4 aliphatic rings. The minimum absolute atomic E-state index is 0.0883. The first kappa shape index (κ1) is 14.3. The summed E-state index contributed by atoms with van der Waals surface area (Å²) >= 11 is 0. The maximum absolute atomic E-state index is 10.0. The lowest BCUT2D eigenvalue weighted by Gasteiger charge is -2.57. The highest BCUT2D eigenvalue weighted by atomic mass is 16.3. The van der Waals surface area contributed by atoms with E-state index in [4.69, 9.17) is 5.73 Å². The maximum atomic E-state index is 10.0. The minimum atomic E-state index is -0.0883. The van der Waals surface area contributed by atoms with E-state index in [9.17, 15) is 5.11 Å². The molecule has 3 N–H and O–H groups in total. The van der Waals surface area contributed by atoms with Gasteiger partial charge in [-0.2, -0.15) is 0 Å². The molecule has 21 heavy (non-hydrogen) atoms. The smallest absolute Gasteiger partial charge is 0.0577 e. The molecule has 2 heteroatoms. The summed E-state index contributed by atoms with van der Waals surface area (Å²) in [6, 6.07) is 0.426. The van der Waals surface area contributed by atoms with Gasteiger partial charge in [0.2, 0.25) is 0 Å². The van der Waals surface area contributed by atoms with Crippen molar-refractivity contribution in [3.8, 4) is 0 Å². The molecule has 0 saturated heterocycles. The largest absolute Gasteiger partial charge is 0.393 e. The van der Waals surface area contributed by atoms with Crippen molar-refractivity contribution < 1.29 is 5.11 Å². The van der Waals surface area contributed by atoms with Gasteiger partial charge < -0.3 is 10.8 Å². The van der Waals surface area contributed by atoms with Crippen LogP contribution in [-0.2, 0) is 0 Å². The lowest BCUT2D eigenvalue weighted by molar-refractivity contribution is -0.0401. The average Bonchev–Trinajstić information content (AvgIpc) is 2.76. The van der Waals surface area contributed by atoms with Gasteiger partial charge in [-0.3, -0.25) is 0 Å². The average molecular weight is 289 g/mol. The van der Waals surface area contributed by atoms with E-state index in [1.807, 2.05) is 0 Å². The maximum Gasteiger partial charge on any atom is 0.0577 e. The fraction of sp³-hybridized carbons (Fsp3) is 0.895. The second kappa shape index (κ2) is 4.58. The van der Waals surface area contributed by atoms with Crippen LogP contribution in [0.15, 0.2) is 11.6 Å². The molecule has 4 rings (SSSR count). The quantitative estimate of drug-likeness (QED) is 0.669. The molecular formula is C19H31NO. The highest BCUT2D eigenvalue weighted by molar-refractivity contribution is 5.25. The summed E-state index contributed by atoms with van der Waals surface area (Å²) in [6.45, 7) is 4.97. The number of hydrogen-bond acceptors (Lipinski definition) is 2. The van der Waals surface area contributed by atoms with E-state index in [0.717, 1.165) is 30.6 Å². The molecule has 0 aromatic heterocycles. The SMILES string of the molecule is C[C@]12CC[C@H](O)CC1=CC[C@@H]1[C@@H]2CC[C@]2(C)C(N)CC[C@@H]12. The van der Waals surface area contributed by atoms with Gasteiger partial charge in [0.25, 0.3) is 0 Å². The van der Waals surface area contributed by atoms with E-state index in [0.29, 0.717) is 16.9 Å². The lowest BCUT2D eigenvalue weighted by atomic mass is 9.48. The molecule has 0 heterocycles. The van der Waals surface area contributed by atoms with E-state index in [1.165, 1.54) is 38.5 Å². The van der Waals surface area contributed by atoms with Crippen LogP contribution < -0.4 is 5.73 Å². The van der Waals surface area contributed by atoms with E-state index >= 15 is 0 Å². The molecule has 3 fully saturated rings. The molecular weight excluding hydrogens is 258 g/mol. The third kappa shape index (κ3) is 1.84. The van der Waals surface area contributed by atoms with Crippen LogP contribution in [0.4, 0.5) is 0 Å². The zero-order valence-electron chi connectivity index (χ0n) is 13.6. The Hall–Kier alpha value is -0.340. The first-order chi connectivity index (χ1) is 9.95. The Balaban J connectivity index is 1.68. The molecule has 0 spiro atoms. The van der Waals surface area contributed by atoms with Crippen LogP contribution >= 0.6 is 0 Å². The summed E-state index contributed by atoms with van der Waals surface area (Å²) in [4.78, 5) is 0. The summed E-state index contributed by atoms with van der Waals surface area (Å²) in [5, 5.41) is 10.0. The van der Waals surface area contributed by atoms with Gasteiger partial charge in [-0.25, -0.2) is 0 Å². The van der Waals surface area contributed by atoms with E-state index in [-0.39, 0.29) is 6.10 Å². The van der Waals surface area contributed by atoms with Crippen molar-refractivity contribution in [2.75, 3.05) is 0 Å². The van der Waals surface area contributed by atoms with Gasteiger partial charge in [0.1, 0.15) is 0 Å². The lowest BCUT2D eigenvalue weighted by Crippen LogP contribution is -2.52. The second-order valence-corrected chi connectivity index (χ2v) is 8.88. The monoisotopic (exact) mass is 289 g/mol. The Morgan fingerprint density at radius 2 is 1.90 bits per heavy atom. The molecule has 0 radical (unpaired) electrons. The normalized spacial score (nSPS) is 56.2. The number of fused-ring (bicyclic) bond motifs is 5. The van der Waals surface area contributed by atoms with Gasteiger partial charge in [0, 0.05) is 6.04 Å². The van der Waals surface area contributed by atoms with Gasteiger partial charge in [-0.15, -0.1) is 0 Å². The van der Waals surface area contributed by atoms with Crippen molar-refractivity contribution in [3.63, 3.8) is 0 Å². The van der Waals surface area contributed by atoms with Crippen molar-refractivity contribution in [3.05, 3.63) is 11.6 Å². The van der Waals surface area contributed by atoms with Gasteiger partial charge in [0.05, 0.1) is 6.10 Å². The minimum Gasteiger partial charge on any atom is -0.393 e. The van der Waals surface area contributed by atoms with Crippen LogP contribution in [0.5, 0.6) is 0 Å². The first-order valence-corrected chi connectivity index (χ1v) is 9.08. The van der Waals surface area contributed by atoms with Gasteiger partial charge >= 0.3 is 0 Å². The van der Waals surface area contributed by atoms with Crippen LogP contribution in [0.3, 0.4) is 0 Å². The second-order valence-electron chi connectivity index (χ2n) is 8.88. The molecule has 0 aromatic carbocycles. The fourth-order valence-electron chi connectivity index (χ4n) is 6.68. The summed E-state index contributed by atoms with van der Waals surface area (Å²) < 4.78 is 0. The molecule has 0 aromatic rings. The van der Waals surface area contributed by atoms with Gasteiger partial charge in [-0.05, 0) is 80.0 Å². The summed E-state index contributed by atoms with van der Waals surface area (Å²) in [5.74, 6) is 2.53. The zero-order chi connectivity index (χ0) is 14.8. The topological polar surface area (TPSA) is 46.2 Å². The third-order valence-corrected chi connectivity index (χ3v) is 8.15. The van der Waals surface area contributed by atoms with Crippen molar-refractivity contribution in [2.24, 2.45) is 34.3 Å².